The van der Waals surface area contributed by atoms with E-state index in [-0.39, 0.29) is 30.5 Å². The number of alkyl halides is 3. The SMILES string of the molecule is CCC(CC)(CN)C(=O)NCc1nnc2ccc(C(F)(F)F)cn12. The Labute approximate surface area is 137 Å². The predicted octanol–water partition coefficient (Wildman–Crippen LogP) is 2.13. The Morgan fingerprint density at radius 1 is 1.25 bits per heavy atom. The van der Waals surface area contributed by atoms with Crippen molar-refractivity contribution in [2.75, 3.05) is 6.54 Å². The van der Waals surface area contributed by atoms with Gasteiger partial charge in [0.15, 0.2) is 11.5 Å². The average Bonchev–Trinajstić information content (AvgIpc) is 2.96. The molecule has 0 aliphatic carbocycles. The molecule has 0 radical (unpaired) electrons. The van der Waals surface area contributed by atoms with Crippen LogP contribution in [0.3, 0.4) is 0 Å². The summed E-state index contributed by atoms with van der Waals surface area (Å²) in [6, 6.07) is 2.18. The van der Waals surface area contributed by atoms with E-state index in [9.17, 15) is 18.0 Å². The van der Waals surface area contributed by atoms with E-state index in [1.165, 1.54) is 10.5 Å². The Bertz CT molecular complexity index is 713. The molecule has 2 aromatic heterocycles. The normalized spacial score (nSPS) is 12.6. The Morgan fingerprint density at radius 3 is 2.46 bits per heavy atom. The molecule has 132 valence electrons. The summed E-state index contributed by atoms with van der Waals surface area (Å²) in [6.45, 7) is 3.92. The van der Waals surface area contributed by atoms with Crippen molar-refractivity contribution in [3.05, 3.63) is 29.7 Å². The molecule has 6 nitrogen and oxygen atoms in total. The molecule has 0 fully saturated rings. The first kappa shape index (κ1) is 18.2. The summed E-state index contributed by atoms with van der Waals surface area (Å²) in [7, 11) is 0. The van der Waals surface area contributed by atoms with Crippen LogP contribution in [0.5, 0.6) is 0 Å². The number of hydrogen-bond acceptors (Lipinski definition) is 4. The number of aromatic nitrogens is 3. The average molecular weight is 343 g/mol. The van der Waals surface area contributed by atoms with Crippen molar-refractivity contribution in [3.8, 4) is 0 Å². The van der Waals surface area contributed by atoms with E-state index in [2.05, 4.69) is 15.5 Å². The van der Waals surface area contributed by atoms with Gasteiger partial charge in [0.2, 0.25) is 5.91 Å². The third kappa shape index (κ3) is 3.35. The van der Waals surface area contributed by atoms with Crippen LogP contribution in [-0.2, 0) is 17.5 Å². The number of nitrogens with zero attached hydrogens (tertiary/aromatic N) is 3. The lowest BCUT2D eigenvalue weighted by molar-refractivity contribution is -0.138. The monoisotopic (exact) mass is 343 g/mol. The van der Waals surface area contributed by atoms with Gasteiger partial charge in [0.25, 0.3) is 0 Å². The van der Waals surface area contributed by atoms with Crippen molar-refractivity contribution < 1.29 is 18.0 Å². The molecule has 0 saturated carbocycles. The Kier molecular flexibility index (Phi) is 5.12. The molecule has 0 saturated heterocycles. The van der Waals surface area contributed by atoms with Gasteiger partial charge in [0, 0.05) is 12.7 Å². The van der Waals surface area contributed by atoms with Crippen LogP contribution in [0.4, 0.5) is 13.2 Å². The maximum atomic E-state index is 12.8. The third-order valence-corrected chi connectivity index (χ3v) is 4.43. The predicted molar refractivity (Wildman–Crippen MR) is 81.9 cm³/mol. The van der Waals surface area contributed by atoms with Crippen molar-refractivity contribution in [3.63, 3.8) is 0 Å². The summed E-state index contributed by atoms with van der Waals surface area (Å²) in [4.78, 5) is 12.4. The summed E-state index contributed by atoms with van der Waals surface area (Å²) >= 11 is 0. The second kappa shape index (κ2) is 6.76. The number of hydrogen-bond donors (Lipinski definition) is 2. The Balaban J connectivity index is 2.23. The minimum absolute atomic E-state index is 0.0247. The number of pyridine rings is 1. The van der Waals surface area contributed by atoms with Gasteiger partial charge in [-0.15, -0.1) is 10.2 Å². The van der Waals surface area contributed by atoms with Crippen molar-refractivity contribution >= 4 is 11.6 Å². The van der Waals surface area contributed by atoms with Crippen LogP contribution < -0.4 is 11.1 Å². The van der Waals surface area contributed by atoms with E-state index in [4.69, 9.17) is 5.73 Å². The molecule has 2 aromatic rings. The fraction of sp³-hybridized carbons (Fsp3) is 0.533. The molecule has 2 rings (SSSR count). The summed E-state index contributed by atoms with van der Waals surface area (Å²) in [5.41, 5.74) is 4.51. The van der Waals surface area contributed by atoms with Gasteiger partial charge >= 0.3 is 6.18 Å². The fourth-order valence-electron chi connectivity index (χ4n) is 2.53. The van der Waals surface area contributed by atoms with Crippen molar-refractivity contribution in [1.82, 2.24) is 19.9 Å². The van der Waals surface area contributed by atoms with Gasteiger partial charge in [-0.25, -0.2) is 0 Å². The maximum absolute atomic E-state index is 12.8. The molecular formula is C15H20F3N5O. The number of fused-ring (bicyclic) bond motifs is 1. The van der Waals surface area contributed by atoms with Gasteiger partial charge in [-0.1, -0.05) is 13.8 Å². The molecule has 0 aliphatic rings. The third-order valence-electron chi connectivity index (χ3n) is 4.43. The molecule has 24 heavy (non-hydrogen) atoms. The molecule has 1 amide bonds. The molecule has 0 spiro atoms. The topological polar surface area (TPSA) is 85.3 Å². The van der Waals surface area contributed by atoms with Crippen molar-refractivity contribution in [2.24, 2.45) is 11.1 Å². The highest BCUT2D eigenvalue weighted by molar-refractivity contribution is 5.82. The number of nitrogens with two attached hydrogens (primary N) is 1. The molecule has 2 heterocycles. The lowest BCUT2D eigenvalue weighted by Gasteiger charge is -2.28. The number of amides is 1. The van der Waals surface area contributed by atoms with Crippen LogP contribution in [0, 0.1) is 5.41 Å². The van der Waals surface area contributed by atoms with Gasteiger partial charge in [-0.3, -0.25) is 9.20 Å². The molecular weight excluding hydrogens is 323 g/mol. The molecule has 0 aromatic carbocycles. The van der Waals surface area contributed by atoms with Crippen LogP contribution in [0.15, 0.2) is 18.3 Å². The number of nitrogens with one attached hydrogen (secondary N) is 1. The van der Waals surface area contributed by atoms with Crippen molar-refractivity contribution in [2.45, 2.75) is 39.4 Å². The summed E-state index contributed by atoms with van der Waals surface area (Å²) in [5.74, 6) is -0.0127. The highest BCUT2D eigenvalue weighted by atomic mass is 19.4. The van der Waals surface area contributed by atoms with Gasteiger partial charge in [0.1, 0.15) is 0 Å². The fourth-order valence-corrected chi connectivity index (χ4v) is 2.53. The van der Waals surface area contributed by atoms with Gasteiger partial charge in [0.05, 0.1) is 17.5 Å². The largest absolute Gasteiger partial charge is 0.417 e. The van der Waals surface area contributed by atoms with Crippen molar-refractivity contribution in [1.29, 1.82) is 0 Å². The van der Waals surface area contributed by atoms with Gasteiger partial charge in [-0.2, -0.15) is 13.2 Å². The van der Waals surface area contributed by atoms with Gasteiger partial charge in [-0.05, 0) is 25.0 Å². The lowest BCUT2D eigenvalue weighted by Crippen LogP contribution is -2.45. The Hall–Kier alpha value is -2.16. The molecule has 3 N–H and O–H groups in total. The summed E-state index contributed by atoms with van der Waals surface area (Å²) in [5, 5.41) is 10.4. The van der Waals surface area contributed by atoms with E-state index >= 15 is 0 Å². The maximum Gasteiger partial charge on any atom is 0.417 e. The molecule has 0 unspecified atom stereocenters. The second-order valence-corrected chi connectivity index (χ2v) is 5.63. The minimum Gasteiger partial charge on any atom is -0.348 e. The minimum atomic E-state index is -4.46. The van der Waals surface area contributed by atoms with E-state index in [1.807, 2.05) is 13.8 Å². The smallest absolute Gasteiger partial charge is 0.348 e. The molecule has 9 heteroatoms. The van der Waals surface area contributed by atoms with E-state index in [0.717, 1.165) is 12.3 Å². The molecule has 0 bridgehead atoms. The summed E-state index contributed by atoms with van der Waals surface area (Å²) in [6.07, 6.45) is -2.39. The zero-order valence-electron chi connectivity index (χ0n) is 13.5. The Morgan fingerprint density at radius 2 is 1.92 bits per heavy atom. The van der Waals surface area contributed by atoms with Gasteiger partial charge < -0.3 is 11.1 Å². The number of carbonyl (C=O) groups is 1. The highest BCUT2D eigenvalue weighted by Crippen LogP contribution is 2.29. The molecule has 0 atom stereocenters. The standard InChI is InChI=1S/C15H20F3N5O/c1-3-14(4-2,9-19)13(24)20-7-12-22-21-11-6-5-10(8-23(11)12)15(16,17)18/h5-6,8H,3-4,7,9,19H2,1-2H3,(H,20,24). The lowest BCUT2D eigenvalue weighted by atomic mass is 9.81. The number of rotatable bonds is 6. The highest BCUT2D eigenvalue weighted by Gasteiger charge is 2.33. The first-order chi connectivity index (χ1) is 11.3. The van der Waals surface area contributed by atoms with E-state index in [0.29, 0.717) is 12.8 Å². The first-order valence-electron chi connectivity index (χ1n) is 7.66. The zero-order valence-corrected chi connectivity index (χ0v) is 13.5. The van der Waals surface area contributed by atoms with E-state index in [1.54, 1.807) is 0 Å². The number of carbonyl (C=O) groups excluding carboxylic acids is 1. The summed E-state index contributed by atoms with van der Waals surface area (Å²) < 4.78 is 39.7. The van der Waals surface area contributed by atoms with E-state index < -0.39 is 17.2 Å². The first-order valence-corrected chi connectivity index (χ1v) is 7.66. The molecule has 0 aliphatic heterocycles. The quantitative estimate of drug-likeness (QED) is 0.841. The van der Waals surface area contributed by atoms with Crippen LogP contribution in [0.2, 0.25) is 0 Å². The van der Waals surface area contributed by atoms with Crippen LogP contribution in [0.1, 0.15) is 38.1 Å². The zero-order chi connectivity index (χ0) is 18.0. The number of halogens is 3. The second-order valence-electron chi connectivity index (χ2n) is 5.63. The van der Waals surface area contributed by atoms with Crippen LogP contribution in [0.25, 0.3) is 5.65 Å². The van der Waals surface area contributed by atoms with Crippen LogP contribution >= 0.6 is 0 Å². The van der Waals surface area contributed by atoms with Crippen LogP contribution in [-0.4, -0.2) is 27.0 Å².